The van der Waals surface area contributed by atoms with Crippen LogP contribution in [0.3, 0.4) is 0 Å². The molecule has 0 fully saturated rings. The summed E-state index contributed by atoms with van der Waals surface area (Å²) in [4.78, 5) is 6.44. The highest BCUT2D eigenvalue weighted by atomic mass is 32.1. The molecular weight excluding hydrogens is 723 g/mol. The number of fused-ring (bicyclic) bond motifs is 3. The predicted molar refractivity (Wildman–Crippen MR) is 256 cm³/mol. The second kappa shape index (κ2) is 21.1. The largest absolute Gasteiger partial charge is 0.323 e. The molecule has 0 aliphatic rings. The lowest BCUT2D eigenvalue weighted by Gasteiger charge is -2.23. The number of para-hydroxylation sites is 3. The summed E-state index contributed by atoms with van der Waals surface area (Å²) in [5.41, 5.74) is 6.79. The molecule has 1 heterocycles. The Hall–Kier alpha value is -7.40. The Labute approximate surface area is 347 Å². The number of thiophene rings is 1. The van der Waals surface area contributed by atoms with E-state index in [1.165, 1.54) is 20.2 Å². The van der Waals surface area contributed by atoms with E-state index in [9.17, 15) is 0 Å². The Morgan fingerprint density at radius 3 is 1.72 bits per heavy atom. The minimum atomic E-state index is 0.864. The molecule has 1 aromatic heterocycles. The van der Waals surface area contributed by atoms with Gasteiger partial charge in [-0.1, -0.05) is 148 Å². The molecule has 0 bridgehead atoms. The highest BCUT2D eigenvalue weighted by Crippen LogP contribution is 2.37. The molecule has 0 amide bonds. The molecule has 58 heavy (non-hydrogen) atoms. The third-order valence-corrected chi connectivity index (χ3v) is 10.2. The lowest BCUT2D eigenvalue weighted by Crippen LogP contribution is -2.15. The van der Waals surface area contributed by atoms with Gasteiger partial charge in [0.1, 0.15) is 0 Å². The Morgan fingerprint density at radius 1 is 0.466 bits per heavy atom. The molecule has 6 aromatic rings. The number of nitrogens with zero attached hydrogens (tertiary/aromatic N) is 3. The summed E-state index contributed by atoms with van der Waals surface area (Å²) >= 11 is 1.82. The molecule has 284 valence electrons. The van der Waals surface area contributed by atoms with Crippen LogP contribution in [0, 0.1) is 0 Å². The lowest BCUT2D eigenvalue weighted by molar-refractivity contribution is 1.19. The van der Waals surface area contributed by atoms with Gasteiger partial charge >= 0.3 is 0 Å². The Morgan fingerprint density at radius 2 is 1.07 bits per heavy atom. The molecule has 0 unspecified atom stereocenters. The van der Waals surface area contributed by atoms with E-state index in [0.717, 1.165) is 39.6 Å². The quantitative estimate of drug-likeness (QED) is 0.0806. The van der Waals surface area contributed by atoms with Gasteiger partial charge in [0.25, 0.3) is 0 Å². The molecule has 4 heteroatoms. The molecule has 0 radical (unpaired) electrons. The van der Waals surface area contributed by atoms with Crippen LogP contribution in [0.4, 0.5) is 22.7 Å². The number of hydrogen-bond donors (Lipinski definition) is 0. The predicted octanol–water partition coefficient (Wildman–Crippen LogP) is 15.3. The molecule has 0 aliphatic heterocycles. The first kappa shape index (κ1) is 40.3. The molecule has 0 saturated heterocycles. The smallest absolute Gasteiger partial charge is 0.0462 e. The summed E-state index contributed by atoms with van der Waals surface area (Å²) in [6.07, 6.45) is 33.6. The molecule has 0 spiro atoms. The number of allylic oxidation sites excluding steroid dienone is 15. The maximum absolute atomic E-state index is 4.31. The average molecular weight is 770 g/mol. The summed E-state index contributed by atoms with van der Waals surface area (Å²) in [5, 5.41) is 2.51. The van der Waals surface area contributed by atoms with Crippen molar-refractivity contribution < 1.29 is 0 Å². The van der Waals surface area contributed by atoms with E-state index in [4.69, 9.17) is 0 Å². The van der Waals surface area contributed by atoms with E-state index in [1.807, 2.05) is 115 Å². The maximum Gasteiger partial charge on any atom is 0.0462 e. The van der Waals surface area contributed by atoms with Crippen LogP contribution in [0.15, 0.2) is 280 Å². The lowest BCUT2D eigenvalue weighted by atomic mass is 10.0. The zero-order valence-electron chi connectivity index (χ0n) is 32.6. The van der Waals surface area contributed by atoms with Crippen molar-refractivity contribution in [2.75, 3.05) is 14.7 Å². The highest BCUT2D eigenvalue weighted by Gasteiger charge is 2.13. The Bertz CT molecular complexity index is 2580. The fraction of sp³-hybridized carbons (Fsp3) is 0. The van der Waals surface area contributed by atoms with Gasteiger partial charge in [-0.05, 0) is 96.6 Å². The first-order valence-electron chi connectivity index (χ1n) is 19.1. The summed E-state index contributed by atoms with van der Waals surface area (Å²) in [7, 11) is 0. The van der Waals surface area contributed by atoms with Crippen LogP contribution >= 0.6 is 11.3 Å². The summed E-state index contributed by atoms with van der Waals surface area (Å²) in [5.74, 6) is 0. The van der Waals surface area contributed by atoms with Crippen molar-refractivity contribution in [2.24, 2.45) is 0 Å². The van der Waals surface area contributed by atoms with Gasteiger partial charge in [0, 0.05) is 79.0 Å². The van der Waals surface area contributed by atoms with Crippen molar-refractivity contribution in [3.8, 4) is 0 Å². The molecule has 0 atom stereocenters. The number of benzene rings is 5. The van der Waals surface area contributed by atoms with Crippen molar-refractivity contribution in [3.05, 3.63) is 280 Å². The number of rotatable bonds is 18. The van der Waals surface area contributed by atoms with Gasteiger partial charge in [-0.3, -0.25) is 0 Å². The van der Waals surface area contributed by atoms with E-state index >= 15 is 0 Å². The Balaban J connectivity index is 1.50. The minimum Gasteiger partial charge on any atom is -0.323 e. The topological polar surface area (TPSA) is 9.72 Å². The summed E-state index contributed by atoms with van der Waals surface area (Å²) in [6.45, 7) is 16.2. The van der Waals surface area contributed by atoms with Crippen molar-refractivity contribution in [2.45, 2.75) is 0 Å². The zero-order valence-corrected chi connectivity index (χ0v) is 33.4. The fourth-order valence-corrected chi connectivity index (χ4v) is 7.38. The van der Waals surface area contributed by atoms with E-state index in [1.54, 1.807) is 12.2 Å². The standard InChI is InChI=1S/C54H47N3S/c1-5-9-11-24-38-55(47-28-16-13-17-29-47)43-45(41-46(8-4)56(39-25-12-10-6-2)48-30-18-14-19-31-48)44(7-3)27-26-40-57(49-32-20-15-21-33-49)50-36-37-54-52(42-50)51-34-22-23-35-53(51)58-54/h5-43H,1-4H2/b11-9-,12-10-,38-24-,39-25-,40-26-,44-27+,45-43+,46-41+. The Kier molecular flexibility index (Phi) is 14.6. The molecule has 6 rings (SSSR count). The van der Waals surface area contributed by atoms with Crippen LogP contribution in [-0.4, -0.2) is 0 Å². The van der Waals surface area contributed by atoms with Gasteiger partial charge in [-0.25, -0.2) is 0 Å². The van der Waals surface area contributed by atoms with Gasteiger partial charge in [-0.2, -0.15) is 0 Å². The van der Waals surface area contributed by atoms with Gasteiger partial charge in [-0.15, -0.1) is 11.3 Å². The monoisotopic (exact) mass is 769 g/mol. The molecule has 0 aliphatic carbocycles. The highest BCUT2D eigenvalue weighted by molar-refractivity contribution is 7.25. The van der Waals surface area contributed by atoms with Crippen molar-refractivity contribution in [3.63, 3.8) is 0 Å². The third-order valence-electron chi connectivity index (χ3n) is 9.09. The van der Waals surface area contributed by atoms with Gasteiger partial charge < -0.3 is 14.7 Å². The summed E-state index contributed by atoms with van der Waals surface area (Å²) < 4.78 is 2.55. The van der Waals surface area contributed by atoms with Crippen LogP contribution in [-0.2, 0) is 0 Å². The van der Waals surface area contributed by atoms with Crippen molar-refractivity contribution >= 4 is 54.3 Å². The normalized spacial score (nSPS) is 12.7. The van der Waals surface area contributed by atoms with Crippen molar-refractivity contribution in [1.82, 2.24) is 0 Å². The first-order valence-corrected chi connectivity index (χ1v) is 19.9. The van der Waals surface area contributed by atoms with E-state index in [2.05, 4.69) is 163 Å². The second-order valence-electron chi connectivity index (χ2n) is 12.9. The van der Waals surface area contributed by atoms with Gasteiger partial charge in [0.05, 0.1) is 0 Å². The molecule has 0 N–H and O–H groups in total. The van der Waals surface area contributed by atoms with E-state index in [-0.39, 0.29) is 0 Å². The van der Waals surface area contributed by atoms with Crippen LogP contribution in [0.2, 0.25) is 0 Å². The first-order chi connectivity index (χ1) is 28.6. The maximum atomic E-state index is 4.31. The van der Waals surface area contributed by atoms with Crippen LogP contribution in [0.1, 0.15) is 0 Å². The fourth-order valence-electron chi connectivity index (χ4n) is 6.30. The molecule has 3 nitrogen and oxygen atoms in total. The number of hydrogen-bond acceptors (Lipinski definition) is 4. The minimum absolute atomic E-state index is 0.864. The SMILES string of the molecule is C=C/C=C\C=C/N(/C=C(\C=C(/C=C)N(/C=C\C=C/C=C)c1ccccc1)C(/C=C)=C/C=C\N(c1ccccc1)c1ccc2sc3ccccc3c2c1)c1ccccc1. The van der Waals surface area contributed by atoms with Crippen LogP contribution in [0.5, 0.6) is 0 Å². The number of anilines is 4. The van der Waals surface area contributed by atoms with Crippen LogP contribution < -0.4 is 14.7 Å². The molecule has 5 aromatic carbocycles. The molecular formula is C54H47N3S. The van der Waals surface area contributed by atoms with Gasteiger partial charge in [0.2, 0.25) is 0 Å². The van der Waals surface area contributed by atoms with E-state index in [0.29, 0.717) is 0 Å². The van der Waals surface area contributed by atoms with Crippen LogP contribution in [0.25, 0.3) is 20.2 Å². The zero-order chi connectivity index (χ0) is 40.4. The van der Waals surface area contributed by atoms with E-state index < -0.39 is 0 Å². The van der Waals surface area contributed by atoms with Crippen molar-refractivity contribution in [1.29, 1.82) is 0 Å². The average Bonchev–Trinajstić information content (AvgIpc) is 3.65. The second-order valence-corrected chi connectivity index (χ2v) is 14.0. The van der Waals surface area contributed by atoms with Gasteiger partial charge in [0.15, 0.2) is 0 Å². The third kappa shape index (κ3) is 10.5. The summed E-state index contributed by atoms with van der Waals surface area (Å²) in [6, 6.07) is 46.2. The molecule has 0 saturated carbocycles.